The predicted octanol–water partition coefficient (Wildman–Crippen LogP) is 4.20. The Balaban J connectivity index is 1.91. The number of amides is 1. The summed E-state index contributed by atoms with van der Waals surface area (Å²) in [5.74, 6) is 0.700. The van der Waals surface area contributed by atoms with Gasteiger partial charge in [-0.3, -0.25) is 4.79 Å². The van der Waals surface area contributed by atoms with Crippen molar-refractivity contribution in [2.75, 3.05) is 0 Å². The quantitative estimate of drug-likeness (QED) is 0.828. The standard InChI is InChI=1S/C17H24ClNO2/c1-12(2)21-15-10-8-13(9-11-15)16(18)17(20)19-14-6-4-3-5-7-14/h8-12,14,16H,3-7H2,1-2H3,(H,19,20). The molecule has 1 amide bonds. The van der Waals surface area contributed by atoms with Gasteiger partial charge in [-0.1, -0.05) is 31.4 Å². The van der Waals surface area contributed by atoms with Crippen LogP contribution in [0.15, 0.2) is 24.3 Å². The van der Waals surface area contributed by atoms with E-state index in [4.69, 9.17) is 16.3 Å². The van der Waals surface area contributed by atoms with E-state index in [1.165, 1.54) is 19.3 Å². The molecule has 0 spiro atoms. The van der Waals surface area contributed by atoms with Crippen molar-refractivity contribution >= 4 is 17.5 Å². The lowest BCUT2D eigenvalue weighted by Gasteiger charge is -2.24. The summed E-state index contributed by atoms with van der Waals surface area (Å²) in [7, 11) is 0. The number of alkyl halides is 1. The number of ether oxygens (including phenoxy) is 1. The van der Waals surface area contributed by atoms with Crippen molar-refractivity contribution in [2.24, 2.45) is 0 Å². The Bertz CT molecular complexity index is 452. The third-order valence-electron chi connectivity index (χ3n) is 3.73. The second kappa shape index (κ2) is 7.69. The molecular formula is C17H24ClNO2. The Labute approximate surface area is 132 Å². The Morgan fingerprint density at radius 3 is 2.38 bits per heavy atom. The van der Waals surface area contributed by atoms with Gasteiger partial charge in [0.1, 0.15) is 11.1 Å². The molecule has 1 unspecified atom stereocenters. The van der Waals surface area contributed by atoms with Gasteiger partial charge >= 0.3 is 0 Å². The molecule has 0 saturated heterocycles. The topological polar surface area (TPSA) is 38.3 Å². The lowest BCUT2D eigenvalue weighted by Crippen LogP contribution is -2.38. The van der Waals surface area contributed by atoms with Crippen LogP contribution in [-0.2, 0) is 4.79 Å². The summed E-state index contributed by atoms with van der Waals surface area (Å²) in [6.45, 7) is 3.96. The molecule has 0 aromatic heterocycles. The molecule has 1 aliphatic carbocycles. The first-order valence-electron chi connectivity index (χ1n) is 7.77. The zero-order valence-corrected chi connectivity index (χ0v) is 13.5. The monoisotopic (exact) mass is 309 g/mol. The van der Waals surface area contributed by atoms with Crippen molar-refractivity contribution in [2.45, 2.75) is 63.5 Å². The highest BCUT2D eigenvalue weighted by Crippen LogP contribution is 2.25. The highest BCUT2D eigenvalue weighted by molar-refractivity contribution is 6.30. The highest BCUT2D eigenvalue weighted by atomic mass is 35.5. The molecule has 1 aromatic rings. The lowest BCUT2D eigenvalue weighted by molar-refractivity contribution is -0.121. The minimum atomic E-state index is -0.639. The number of halogens is 1. The molecule has 1 N–H and O–H groups in total. The van der Waals surface area contributed by atoms with Crippen LogP contribution >= 0.6 is 11.6 Å². The molecular weight excluding hydrogens is 286 g/mol. The molecule has 0 heterocycles. The Morgan fingerprint density at radius 1 is 1.19 bits per heavy atom. The van der Waals surface area contributed by atoms with E-state index < -0.39 is 5.38 Å². The minimum absolute atomic E-state index is 0.0962. The average Bonchev–Trinajstić information content (AvgIpc) is 2.47. The van der Waals surface area contributed by atoms with Gasteiger partial charge in [0.2, 0.25) is 5.91 Å². The molecule has 4 heteroatoms. The fraction of sp³-hybridized carbons (Fsp3) is 0.588. The van der Waals surface area contributed by atoms with Crippen LogP contribution in [0.1, 0.15) is 56.9 Å². The maximum atomic E-state index is 12.2. The molecule has 2 rings (SSSR count). The molecule has 1 fully saturated rings. The lowest BCUT2D eigenvalue weighted by atomic mass is 9.95. The van der Waals surface area contributed by atoms with Crippen LogP contribution in [-0.4, -0.2) is 18.1 Å². The van der Waals surface area contributed by atoms with Crippen LogP contribution < -0.4 is 10.1 Å². The average molecular weight is 310 g/mol. The smallest absolute Gasteiger partial charge is 0.242 e. The number of carbonyl (C=O) groups is 1. The van der Waals surface area contributed by atoms with Crippen molar-refractivity contribution < 1.29 is 9.53 Å². The molecule has 0 aliphatic heterocycles. The van der Waals surface area contributed by atoms with E-state index in [1.807, 2.05) is 38.1 Å². The third-order valence-corrected chi connectivity index (χ3v) is 4.18. The number of rotatable bonds is 5. The summed E-state index contributed by atoms with van der Waals surface area (Å²) in [5.41, 5.74) is 0.807. The second-order valence-corrected chi connectivity index (χ2v) is 6.38. The van der Waals surface area contributed by atoms with Crippen molar-refractivity contribution in [1.82, 2.24) is 5.32 Å². The number of benzene rings is 1. The summed E-state index contributed by atoms with van der Waals surface area (Å²) in [6, 6.07) is 7.72. The normalized spacial score (nSPS) is 17.5. The summed E-state index contributed by atoms with van der Waals surface area (Å²) < 4.78 is 5.59. The molecule has 0 bridgehead atoms. The third kappa shape index (κ3) is 4.92. The number of hydrogen-bond donors (Lipinski definition) is 1. The number of carbonyl (C=O) groups excluding carboxylic acids is 1. The van der Waals surface area contributed by atoms with Gasteiger partial charge < -0.3 is 10.1 Å². The fourth-order valence-electron chi connectivity index (χ4n) is 2.66. The van der Waals surface area contributed by atoms with Gasteiger partial charge in [-0.2, -0.15) is 0 Å². The summed E-state index contributed by atoms with van der Waals surface area (Å²) in [4.78, 5) is 12.2. The minimum Gasteiger partial charge on any atom is -0.491 e. The van der Waals surface area contributed by atoms with E-state index in [-0.39, 0.29) is 18.1 Å². The highest BCUT2D eigenvalue weighted by Gasteiger charge is 2.22. The summed E-state index contributed by atoms with van der Waals surface area (Å²) in [5, 5.41) is 2.42. The SMILES string of the molecule is CC(C)Oc1ccc(C(Cl)C(=O)NC2CCCCC2)cc1. The Hall–Kier alpha value is -1.22. The van der Waals surface area contributed by atoms with Gasteiger partial charge in [0.15, 0.2) is 0 Å². The number of hydrogen-bond acceptors (Lipinski definition) is 2. The first-order valence-corrected chi connectivity index (χ1v) is 8.21. The first kappa shape index (κ1) is 16.2. The predicted molar refractivity (Wildman–Crippen MR) is 85.8 cm³/mol. The maximum Gasteiger partial charge on any atom is 0.242 e. The summed E-state index contributed by atoms with van der Waals surface area (Å²) in [6.07, 6.45) is 5.93. The first-order chi connectivity index (χ1) is 10.1. The van der Waals surface area contributed by atoms with Gasteiger partial charge in [-0.15, -0.1) is 11.6 Å². The Kier molecular flexibility index (Phi) is 5.92. The van der Waals surface area contributed by atoms with E-state index in [1.54, 1.807) is 0 Å². The fourth-order valence-corrected chi connectivity index (χ4v) is 2.87. The van der Waals surface area contributed by atoms with Gasteiger partial charge in [0.05, 0.1) is 6.10 Å². The van der Waals surface area contributed by atoms with Crippen molar-refractivity contribution in [1.29, 1.82) is 0 Å². The van der Waals surface area contributed by atoms with Gasteiger partial charge in [0.25, 0.3) is 0 Å². The van der Waals surface area contributed by atoms with Crippen molar-refractivity contribution in [3.63, 3.8) is 0 Å². The molecule has 1 aliphatic rings. The molecule has 21 heavy (non-hydrogen) atoms. The zero-order valence-electron chi connectivity index (χ0n) is 12.8. The maximum absolute atomic E-state index is 12.2. The van der Waals surface area contributed by atoms with E-state index in [2.05, 4.69) is 5.32 Å². The molecule has 116 valence electrons. The van der Waals surface area contributed by atoms with Gasteiger partial charge in [-0.25, -0.2) is 0 Å². The molecule has 1 saturated carbocycles. The van der Waals surface area contributed by atoms with E-state index >= 15 is 0 Å². The largest absolute Gasteiger partial charge is 0.491 e. The van der Waals surface area contributed by atoms with E-state index in [9.17, 15) is 4.79 Å². The second-order valence-electron chi connectivity index (χ2n) is 5.94. The van der Waals surface area contributed by atoms with Gasteiger partial charge in [-0.05, 0) is 44.4 Å². The van der Waals surface area contributed by atoms with Crippen LogP contribution in [0.4, 0.5) is 0 Å². The zero-order chi connectivity index (χ0) is 15.2. The van der Waals surface area contributed by atoms with E-state index in [0.717, 1.165) is 24.2 Å². The molecule has 0 radical (unpaired) electrons. The summed E-state index contributed by atoms with van der Waals surface area (Å²) >= 11 is 6.28. The van der Waals surface area contributed by atoms with Crippen molar-refractivity contribution in [3.8, 4) is 5.75 Å². The Morgan fingerprint density at radius 2 is 1.81 bits per heavy atom. The van der Waals surface area contributed by atoms with Crippen LogP contribution in [0.3, 0.4) is 0 Å². The van der Waals surface area contributed by atoms with Crippen molar-refractivity contribution in [3.05, 3.63) is 29.8 Å². The van der Waals surface area contributed by atoms with Crippen LogP contribution in [0.2, 0.25) is 0 Å². The van der Waals surface area contributed by atoms with Gasteiger partial charge in [0, 0.05) is 6.04 Å². The molecule has 1 atom stereocenters. The van der Waals surface area contributed by atoms with Crippen LogP contribution in [0.25, 0.3) is 0 Å². The van der Waals surface area contributed by atoms with E-state index in [0.29, 0.717) is 0 Å². The molecule has 3 nitrogen and oxygen atoms in total. The number of nitrogens with one attached hydrogen (secondary N) is 1. The molecule has 1 aromatic carbocycles. The van der Waals surface area contributed by atoms with Crippen LogP contribution in [0, 0.1) is 0 Å². The van der Waals surface area contributed by atoms with Crippen LogP contribution in [0.5, 0.6) is 5.75 Å².